The van der Waals surface area contributed by atoms with Gasteiger partial charge in [-0.05, 0) is 89.8 Å². The van der Waals surface area contributed by atoms with Crippen LogP contribution in [0.2, 0.25) is 0 Å². The Hall–Kier alpha value is -6.18. The summed E-state index contributed by atoms with van der Waals surface area (Å²) in [5.74, 6) is 1.74. The molecule has 2 bridgehead atoms. The number of hydrogen-bond acceptors (Lipinski definition) is 8. The van der Waals surface area contributed by atoms with Crippen molar-refractivity contribution < 1.29 is 28.7 Å². The third-order valence-electron chi connectivity index (χ3n) is 12.5. The second-order valence-corrected chi connectivity index (χ2v) is 16.9. The Labute approximate surface area is 349 Å². The van der Waals surface area contributed by atoms with Crippen LogP contribution in [0, 0.1) is 17.8 Å². The normalized spacial score (nSPS) is 20.7. The van der Waals surface area contributed by atoms with Crippen LogP contribution in [0.1, 0.15) is 83.0 Å². The first kappa shape index (κ1) is 40.6. The van der Waals surface area contributed by atoms with E-state index < -0.39 is 18.2 Å². The van der Waals surface area contributed by atoms with Crippen LogP contribution in [0.5, 0.6) is 0 Å². The molecule has 3 aliphatic rings. The maximum atomic E-state index is 13.9. The summed E-state index contributed by atoms with van der Waals surface area (Å²) in [5.41, 5.74) is 8.01. The van der Waals surface area contributed by atoms with Crippen molar-refractivity contribution in [1.82, 2.24) is 40.4 Å². The molecule has 6 atom stereocenters. The number of likely N-dealkylation sites (tertiary alicyclic amines) is 2. The fourth-order valence-electron chi connectivity index (χ4n) is 9.38. The van der Waals surface area contributed by atoms with Crippen LogP contribution < -0.4 is 10.6 Å². The second kappa shape index (κ2) is 17.2. The van der Waals surface area contributed by atoms with Crippen LogP contribution >= 0.6 is 0 Å². The minimum Gasteiger partial charge on any atom is -0.453 e. The van der Waals surface area contributed by atoms with Gasteiger partial charge in [0.05, 0.1) is 49.2 Å². The molecule has 3 fully saturated rings. The van der Waals surface area contributed by atoms with Gasteiger partial charge in [0.1, 0.15) is 17.7 Å². The fraction of sp³-hybridized carbons (Fsp3) is 0.435. The van der Waals surface area contributed by atoms with Crippen LogP contribution in [0.4, 0.5) is 9.59 Å². The Morgan fingerprint density at radius 3 is 2.17 bits per heavy atom. The van der Waals surface area contributed by atoms with Crippen molar-refractivity contribution in [3.8, 4) is 33.5 Å². The summed E-state index contributed by atoms with van der Waals surface area (Å²) in [4.78, 5) is 71.4. The lowest BCUT2D eigenvalue weighted by atomic mass is 9.95. The molecule has 314 valence electrons. The molecule has 6 unspecified atom stereocenters. The number of ether oxygens (including phenoxy) is 2. The molecule has 60 heavy (non-hydrogen) atoms. The largest absolute Gasteiger partial charge is 0.453 e. The highest BCUT2D eigenvalue weighted by atomic mass is 16.5. The molecule has 1 saturated carbocycles. The molecule has 0 spiro atoms. The average Bonchev–Trinajstić information content (AvgIpc) is 4.12. The first-order chi connectivity index (χ1) is 29.0. The molecule has 4 amide bonds. The van der Waals surface area contributed by atoms with Crippen molar-refractivity contribution in [2.24, 2.45) is 17.8 Å². The maximum absolute atomic E-state index is 13.9. The lowest BCUT2D eigenvalue weighted by Crippen LogP contribution is -2.54. The van der Waals surface area contributed by atoms with Gasteiger partial charge >= 0.3 is 12.2 Å². The van der Waals surface area contributed by atoms with Crippen molar-refractivity contribution in [2.45, 2.75) is 83.5 Å². The molecule has 2 aromatic heterocycles. The van der Waals surface area contributed by atoms with Crippen LogP contribution in [-0.2, 0) is 19.1 Å². The summed E-state index contributed by atoms with van der Waals surface area (Å²) in [6.07, 6.45) is 5.77. The molecule has 4 N–H and O–H groups in total. The second-order valence-electron chi connectivity index (χ2n) is 16.9. The van der Waals surface area contributed by atoms with Crippen molar-refractivity contribution in [2.75, 3.05) is 27.3 Å². The number of hydrogen-bond donors (Lipinski definition) is 4. The summed E-state index contributed by atoms with van der Waals surface area (Å²) < 4.78 is 9.47. The smallest absolute Gasteiger partial charge is 0.407 e. The Morgan fingerprint density at radius 2 is 1.48 bits per heavy atom. The fourth-order valence-corrected chi connectivity index (χ4v) is 9.38. The van der Waals surface area contributed by atoms with Gasteiger partial charge in [-0.2, -0.15) is 0 Å². The molecule has 14 heteroatoms. The highest BCUT2D eigenvalue weighted by Gasteiger charge is 2.51. The monoisotopic (exact) mass is 814 g/mol. The average molecular weight is 815 g/mol. The number of imidazole rings is 2. The molecule has 3 aromatic carbocycles. The molecule has 2 aliphatic heterocycles. The van der Waals surface area contributed by atoms with E-state index >= 15 is 0 Å². The highest BCUT2D eigenvalue weighted by Crippen LogP contribution is 2.50. The third-order valence-corrected chi connectivity index (χ3v) is 12.5. The molecular weight excluding hydrogens is 761 g/mol. The minimum absolute atomic E-state index is 0.0223. The zero-order valence-electron chi connectivity index (χ0n) is 34.9. The third kappa shape index (κ3) is 8.19. The number of fused-ring (bicyclic) bond motifs is 3. The zero-order valence-corrected chi connectivity index (χ0v) is 34.9. The van der Waals surface area contributed by atoms with Crippen molar-refractivity contribution in [3.63, 3.8) is 0 Å². The molecule has 0 radical (unpaired) electrons. The number of aromatic amines is 2. The molecule has 1 aliphatic carbocycles. The van der Waals surface area contributed by atoms with Crippen LogP contribution in [0.15, 0.2) is 72.9 Å². The number of H-pyrrole nitrogens is 2. The zero-order chi connectivity index (χ0) is 42.1. The van der Waals surface area contributed by atoms with Gasteiger partial charge in [-0.25, -0.2) is 19.6 Å². The SMILES string of the molecule is COC(=O)NCC(C)CC(=O)N1CCCC1c1nc2ccc(-c3ccc(-c4ccc(-c5cnc(C6C7CCC(C7)N6C(=O)C(NC(=O)OC)C(C)C)[nH]5)cc4)cc3)cc2[nH]1. The number of alkyl carbamates (subject to hydrolysis) is 2. The molecule has 5 aromatic rings. The van der Waals surface area contributed by atoms with Gasteiger partial charge in [-0.15, -0.1) is 0 Å². The number of benzene rings is 3. The Balaban J connectivity index is 0.924. The van der Waals surface area contributed by atoms with E-state index in [1.807, 2.05) is 42.8 Å². The van der Waals surface area contributed by atoms with E-state index in [1.165, 1.54) is 14.2 Å². The van der Waals surface area contributed by atoms with E-state index in [4.69, 9.17) is 14.7 Å². The van der Waals surface area contributed by atoms with Crippen molar-refractivity contribution >= 4 is 35.0 Å². The van der Waals surface area contributed by atoms with Crippen LogP contribution in [-0.4, -0.2) is 93.1 Å². The lowest BCUT2D eigenvalue weighted by molar-refractivity contribution is -0.139. The quantitative estimate of drug-likeness (QED) is 0.0989. The van der Waals surface area contributed by atoms with Gasteiger partial charge in [0.15, 0.2) is 0 Å². The van der Waals surface area contributed by atoms with Crippen LogP contribution in [0.3, 0.4) is 0 Å². The Kier molecular flexibility index (Phi) is 11.6. The number of nitrogens with one attached hydrogen (secondary N) is 4. The summed E-state index contributed by atoms with van der Waals surface area (Å²) in [5, 5.41) is 5.44. The minimum atomic E-state index is -0.678. The van der Waals surface area contributed by atoms with Crippen molar-refractivity contribution in [3.05, 3.63) is 84.6 Å². The van der Waals surface area contributed by atoms with E-state index in [9.17, 15) is 19.2 Å². The predicted octanol–water partition coefficient (Wildman–Crippen LogP) is 7.77. The van der Waals surface area contributed by atoms with E-state index in [2.05, 4.69) is 86.0 Å². The number of rotatable bonds is 12. The summed E-state index contributed by atoms with van der Waals surface area (Å²) >= 11 is 0. The van der Waals surface area contributed by atoms with Gasteiger partial charge in [-0.1, -0.05) is 75.4 Å². The predicted molar refractivity (Wildman–Crippen MR) is 227 cm³/mol. The number of aromatic nitrogens is 4. The first-order valence-electron chi connectivity index (χ1n) is 21.0. The molecule has 14 nitrogen and oxygen atoms in total. The van der Waals surface area contributed by atoms with Gasteiger partial charge < -0.3 is 39.9 Å². The maximum Gasteiger partial charge on any atom is 0.407 e. The summed E-state index contributed by atoms with van der Waals surface area (Å²) in [7, 11) is 2.63. The van der Waals surface area contributed by atoms with E-state index in [1.54, 1.807) is 0 Å². The summed E-state index contributed by atoms with van der Waals surface area (Å²) in [6.45, 7) is 6.86. The van der Waals surface area contributed by atoms with Gasteiger partial charge in [0, 0.05) is 25.6 Å². The molecular formula is C46H54N8O6. The molecule has 4 heterocycles. The standard InChI is InChI=1S/C46H54N8O6/c1-26(2)40(52-46(58)60-5)44(56)54-34-18-16-33(22-34)41(54)43-47-25-37(51-43)31-14-12-29(13-15-31)28-8-10-30(11-9-28)32-17-19-35-36(23-32)50-42(49-35)38-7-6-20-53(38)39(55)21-27(3)24-48-45(57)59-4/h8-15,17,19,23,25-27,33-34,38,40-41H,6-7,16,18,20-22,24H2,1-5H3,(H,47,51)(H,48,57)(H,49,50)(H,52,58). The number of methoxy groups -OCH3 is 2. The number of carbonyl (C=O) groups excluding carboxylic acids is 4. The number of carbonyl (C=O) groups is 4. The van der Waals surface area contributed by atoms with Gasteiger partial charge in [0.2, 0.25) is 11.8 Å². The van der Waals surface area contributed by atoms with Gasteiger partial charge in [-0.3, -0.25) is 9.59 Å². The number of nitrogens with zero attached hydrogens (tertiary/aromatic N) is 4. The summed E-state index contributed by atoms with van der Waals surface area (Å²) in [6, 6.07) is 22.3. The number of amides is 4. The first-order valence-corrected chi connectivity index (χ1v) is 21.0. The molecule has 8 rings (SSSR count). The van der Waals surface area contributed by atoms with Gasteiger partial charge in [0.25, 0.3) is 0 Å². The van der Waals surface area contributed by atoms with E-state index in [-0.39, 0.29) is 41.8 Å². The van der Waals surface area contributed by atoms with E-state index in [0.29, 0.717) is 25.4 Å². The van der Waals surface area contributed by atoms with E-state index in [0.717, 1.165) is 88.3 Å². The topological polar surface area (TPSA) is 175 Å². The lowest BCUT2D eigenvalue weighted by Gasteiger charge is -2.37. The van der Waals surface area contributed by atoms with Crippen LogP contribution in [0.25, 0.3) is 44.5 Å². The Bertz CT molecular complexity index is 2350. The van der Waals surface area contributed by atoms with Crippen molar-refractivity contribution in [1.29, 1.82) is 0 Å². The Morgan fingerprint density at radius 1 is 0.817 bits per heavy atom. The highest BCUT2D eigenvalue weighted by molar-refractivity contribution is 5.87. The number of piperidine rings is 1. The molecule has 2 saturated heterocycles.